The number of hydrogen-bond acceptors (Lipinski definition) is 6. The van der Waals surface area contributed by atoms with Crippen LogP contribution in [0.4, 0.5) is 5.82 Å². The number of rotatable bonds is 6. The fourth-order valence-corrected chi connectivity index (χ4v) is 1.84. The smallest absolute Gasteiger partial charge is 0.271 e. The van der Waals surface area contributed by atoms with Gasteiger partial charge >= 0.3 is 0 Å². The molecule has 8 heteroatoms. The molecule has 0 unspecified atom stereocenters. The molecular weight excluding hydrogens is 256 g/mol. The standard InChI is InChI=1S/C10H16N4O3S/c1-3-18(16,17)7-6-12-10(15)8-4-5-9(11-2)14-13-8/h4-5H,3,6-7H2,1-2H3,(H,11,14)(H,12,15). The minimum Gasteiger partial charge on any atom is -0.372 e. The lowest BCUT2D eigenvalue weighted by atomic mass is 10.3. The molecule has 1 rings (SSSR count). The van der Waals surface area contributed by atoms with E-state index in [1.807, 2.05) is 0 Å². The van der Waals surface area contributed by atoms with Gasteiger partial charge in [0.1, 0.15) is 5.82 Å². The molecule has 0 aliphatic heterocycles. The summed E-state index contributed by atoms with van der Waals surface area (Å²) in [5, 5.41) is 12.7. The number of anilines is 1. The van der Waals surface area contributed by atoms with Crippen molar-refractivity contribution in [2.24, 2.45) is 0 Å². The predicted octanol–water partition coefficient (Wildman–Crippen LogP) is -0.317. The third-order valence-corrected chi connectivity index (χ3v) is 4.00. The Bertz CT molecular complexity index is 498. The highest BCUT2D eigenvalue weighted by molar-refractivity contribution is 7.91. The quantitative estimate of drug-likeness (QED) is 0.736. The largest absolute Gasteiger partial charge is 0.372 e. The average molecular weight is 272 g/mol. The van der Waals surface area contributed by atoms with Gasteiger partial charge in [-0.25, -0.2) is 8.42 Å². The van der Waals surface area contributed by atoms with Crippen molar-refractivity contribution in [2.75, 3.05) is 30.4 Å². The van der Waals surface area contributed by atoms with E-state index in [1.165, 1.54) is 6.07 Å². The molecule has 1 heterocycles. The molecule has 0 radical (unpaired) electrons. The maximum Gasteiger partial charge on any atom is 0.271 e. The van der Waals surface area contributed by atoms with E-state index in [4.69, 9.17) is 0 Å². The monoisotopic (exact) mass is 272 g/mol. The van der Waals surface area contributed by atoms with Gasteiger partial charge in [0.2, 0.25) is 0 Å². The zero-order valence-electron chi connectivity index (χ0n) is 10.3. The minimum absolute atomic E-state index is 0.0690. The van der Waals surface area contributed by atoms with Gasteiger partial charge in [-0.3, -0.25) is 4.79 Å². The first-order chi connectivity index (χ1) is 8.48. The van der Waals surface area contributed by atoms with Crippen LogP contribution in [0.2, 0.25) is 0 Å². The van der Waals surface area contributed by atoms with Crippen molar-refractivity contribution in [1.82, 2.24) is 15.5 Å². The molecule has 2 N–H and O–H groups in total. The highest BCUT2D eigenvalue weighted by Gasteiger charge is 2.10. The number of sulfone groups is 1. The molecule has 0 atom stereocenters. The molecule has 0 aromatic carbocycles. The third-order valence-electron chi connectivity index (χ3n) is 2.29. The van der Waals surface area contributed by atoms with Crippen LogP contribution in [0.1, 0.15) is 17.4 Å². The van der Waals surface area contributed by atoms with Gasteiger partial charge in [0.15, 0.2) is 15.5 Å². The van der Waals surface area contributed by atoms with Crippen LogP contribution in [0.25, 0.3) is 0 Å². The second-order valence-electron chi connectivity index (χ2n) is 3.55. The van der Waals surface area contributed by atoms with E-state index in [0.717, 1.165) is 0 Å². The maximum absolute atomic E-state index is 11.6. The maximum atomic E-state index is 11.6. The molecule has 0 aliphatic carbocycles. The fourth-order valence-electron chi connectivity index (χ4n) is 1.14. The molecular formula is C10H16N4O3S. The lowest BCUT2D eigenvalue weighted by Crippen LogP contribution is -2.30. The lowest BCUT2D eigenvalue weighted by molar-refractivity contribution is 0.0950. The van der Waals surface area contributed by atoms with Gasteiger partial charge in [-0.1, -0.05) is 6.92 Å². The van der Waals surface area contributed by atoms with Gasteiger partial charge in [0.25, 0.3) is 5.91 Å². The van der Waals surface area contributed by atoms with Crippen LogP contribution in [0, 0.1) is 0 Å². The van der Waals surface area contributed by atoms with E-state index in [-0.39, 0.29) is 23.7 Å². The Morgan fingerprint density at radius 2 is 2.06 bits per heavy atom. The first-order valence-corrected chi connectivity index (χ1v) is 7.30. The van der Waals surface area contributed by atoms with Crippen molar-refractivity contribution >= 4 is 21.6 Å². The van der Waals surface area contributed by atoms with Crippen LogP contribution in [-0.2, 0) is 9.84 Å². The SMILES string of the molecule is CCS(=O)(=O)CCNC(=O)c1ccc(NC)nn1. The summed E-state index contributed by atoms with van der Waals surface area (Å²) in [7, 11) is -1.37. The zero-order chi connectivity index (χ0) is 13.6. The van der Waals surface area contributed by atoms with E-state index in [0.29, 0.717) is 5.82 Å². The van der Waals surface area contributed by atoms with Gasteiger partial charge in [-0.15, -0.1) is 10.2 Å². The molecule has 1 aromatic heterocycles. The first kappa shape index (κ1) is 14.4. The summed E-state index contributed by atoms with van der Waals surface area (Å²) in [6.45, 7) is 1.64. The number of nitrogens with one attached hydrogen (secondary N) is 2. The van der Waals surface area contributed by atoms with Crippen molar-refractivity contribution in [2.45, 2.75) is 6.92 Å². The second-order valence-corrected chi connectivity index (χ2v) is 6.02. The van der Waals surface area contributed by atoms with E-state index in [2.05, 4.69) is 20.8 Å². The molecule has 7 nitrogen and oxygen atoms in total. The Kier molecular flexibility index (Phi) is 5.02. The van der Waals surface area contributed by atoms with Gasteiger partial charge in [0, 0.05) is 19.3 Å². The van der Waals surface area contributed by atoms with E-state index in [9.17, 15) is 13.2 Å². The Labute approximate surface area is 106 Å². The molecule has 0 bridgehead atoms. The summed E-state index contributed by atoms with van der Waals surface area (Å²) in [6, 6.07) is 3.13. The molecule has 0 spiro atoms. The van der Waals surface area contributed by atoms with Crippen molar-refractivity contribution in [3.63, 3.8) is 0 Å². The zero-order valence-corrected chi connectivity index (χ0v) is 11.1. The van der Waals surface area contributed by atoms with Crippen LogP contribution < -0.4 is 10.6 Å². The highest BCUT2D eigenvalue weighted by atomic mass is 32.2. The molecule has 18 heavy (non-hydrogen) atoms. The number of amides is 1. The van der Waals surface area contributed by atoms with Gasteiger partial charge in [0.05, 0.1) is 5.75 Å². The number of nitrogens with zero attached hydrogens (tertiary/aromatic N) is 2. The molecule has 0 aliphatic rings. The van der Waals surface area contributed by atoms with Gasteiger partial charge in [-0.2, -0.15) is 0 Å². The Morgan fingerprint density at radius 3 is 2.56 bits per heavy atom. The Hall–Kier alpha value is -1.70. The predicted molar refractivity (Wildman–Crippen MR) is 68.2 cm³/mol. The van der Waals surface area contributed by atoms with Crippen LogP contribution in [-0.4, -0.2) is 49.6 Å². The number of hydrogen-bond donors (Lipinski definition) is 2. The fraction of sp³-hybridized carbons (Fsp3) is 0.500. The van der Waals surface area contributed by atoms with Crippen LogP contribution in [0.15, 0.2) is 12.1 Å². The van der Waals surface area contributed by atoms with Crippen LogP contribution >= 0.6 is 0 Å². The normalized spacial score (nSPS) is 11.0. The summed E-state index contributed by atoms with van der Waals surface area (Å²) in [6.07, 6.45) is 0. The van der Waals surface area contributed by atoms with Gasteiger partial charge < -0.3 is 10.6 Å². The Morgan fingerprint density at radius 1 is 1.33 bits per heavy atom. The van der Waals surface area contributed by atoms with Crippen LogP contribution in [0.5, 0.6) is 0 Å². The number of aromatic nitrogens is 2. The molecule has 1 aromatic rings. The molecule has 0 saturated heterocycles. The van der Waals surface area contributed by atoms with Crippen molar-refractivity contribution in [3.05, 3.63) is 17.8 Å². The highest BCUT2D eigenvalue weighted by Crippen LogP contribution is 2.00. The third kappa shape index (κ3) is 4.28. The van der Waals surface area contributed by atoms with Gasteiger partial charge in [-0.05, 0) is 12.1 Å². The molecule has 0 fully saturated rings. The summed E-state index contributed by atoms with van der Waals surface area (Å²) in [5.74, 6) is 0.119. The number of carbonyl (C=O) groups excluding carboxylic acids is 1. The van der Waals surface area contributed by atoms with E-state index >= 15 is 0 Å². The van der Waals surface area contributed by atoms with Crippen molar-refractivity contribution in [1.29, 1.82) is 0 Å². The average Bonchev–Trinajstić information content (AvgIpc) is 2.38. The summed E-state index contributed by atoms with van der Waals surface area (Å²) in [4.78, 5) is 11.6. The van der Waals surface area contributed by atoms with E-state index < -0.39 is 15.7 Å². The topological polar surface area (TPSA) is 101 Å². The second kappa shape index (κ2) is 6.29. The van der Waals surface area contributed by atoms with Crippen molar-refractivity contribution < 1.29 is 13.2 Å². The number of carbonyl (C=O) groups is 1. The van der Waals surface area contributed by atoms with Crippen LogP contribution in [0.3, 0.4) is 0 Å². The molecule has 1 amide bonds. The minimum atomic E-state index is -3.07. The van der Waals surface area contributed by atoms with E-state index in [1.54, 1.807) is 20.0 Å². The summed E-state index contributed by atoms with van der Waals surface area (Å²) in [5.41, 5.74) is 0.155. The molecule has 100 valence electrons. The molecule has 0 saturated carbocycles. The van der Waals surface area contributed by atoms with Crippen molar-refractivity contribution in [3.8, 4) is 0 Å². The summed E-state index contributed by atoms with van der Waals surface area (Å²) >= 11 is 0. The lowest BCUT2D eigenvalue weighted by Gasteiger charge is -2.04. The summed E-state index contributed by atoms with van der Waals surface area (Å²) < 4.78 is 22.4. The Balaban J connectivity index is 2.50. The first-order valence-electron chi connectivity index (χ1n) is 5.48.